The molecule has 0 aliphatic carbocycles. The molecule has 0 unspecified atom stereocenters. The van der Waals surface area contributed by atoms with Crippen LogP contribution in [0.4, 0.5) is 5.82 Å². The molecular weight excluding hydrogens is 216 g/mol. The lowest BCUT2D eigenvalue weighted by Crippen LogP contribution is -2.15. The van der Waals surface area contributed by atoms with Crippen molar-refractivity contribution in [1.82, 2.24) is 4.98 Å². The van der Waals surface area contributed by atoms with E-state index in [9.17, 15) is 0 Å². The third-order valence-corrected chi connectivity index (χ3v) is 2.94. The minimum atomic E-state index is 0.600. The van der Waals surface area contributed by atoms with Gasteiger partial charge in [0, 0.05) is 18.5 Å². The van der Waals surface area contributed by atoms with E-state index >= 15 is 0 Å². The van der Waals surface area contributed by atoms with Gasteiger partial charge < -0.3 is 14.8 Å². The minimum Gasteiger partial charge on any atom is -0.486 e. The van der Waals surface area contributed by atoms with Crippen LogP contribution in [0, 0.1) is 6.92 Å². The van der Waals surface area contributed by atoms with Crippen LogP contribution in [-0.4, -0.2) is 25.2 Å². The molecule has 1 aliphatic rings. The zero-order valence-electron chi connectivity index (χ0n) is 9.91. The van der Waals surface area contributed by atoms with E-state index in [1.54, 1.807) is 0 Å². The van der Waals surface area contributed by atoms with Gasteiger partial charge in [0.2, 0.25) is 0 Å². The first-order chi connectivity index (χ1) is 8.28. The van der Waals surface area contributed by atoms with Gasteiger partial charge in [0.25, 0.3) is 0 Å². The molecule has 2 heterocycles. The Hall–Kier alpha value is -1.97. The fraction of sp³-hybridized carbons (Fsp3) is 0.308. The maximum absolute atomic E-state index is 5.57. The normalized spacial score (nSPS) is 13.8. The summed E-state index contributed by atoms with van der Waals surface area (Å²) in [5.41, 5.74) is 2.11. The molecule has 0 spiro atoms. The molecule has 2 aromatic rings. The first-order valence-corrected chi connectivity index (χ1v) is 5.66. The molecule has 88 valence electrons. The molecular formula is C13H14N2O2. The van der Waals surface area contributed by atoms with E-state index in [-0.39, 0.29) is 0 Å². The monoisotopic (exact) mass is 230 g/mol. The van der Waals surface area contributed by atoms with Gasteiger partial charge in [-0.15, -0.1) is 0 Å². The van der Waals surface area contributed by atoms with Crippen molar-refractivity contribution in [2.45, 2.75) is 6.92 Å². The minimum absolute atomic E-state index is 0.600. The number of ether oxygens (including phenoxy) is 2. The fourth-order valence-electron chi connectivity index (χ4n) is 2.06. The summed E-state index contributed by atoms with van der Waals surface area (Å²) >= 11 is 0. The summed E-state index contributed by atoms with van der Waals surface area (Å²) in [6.07, 6.45) is 0. The Kier molecular flexibility index (Phi) is 2.28. The Morgan fingerprint density at radius 1 is 1.12 bits per heavy atom. The average Bonchev–Trinajstić information content (AvgIpc) is 2.36. The molecule has 0 saturated heterocycles. The van der Waals surface area contributed by atoms with Crippen molar-refractivity contribution in [2.75, 3.05) is 25.6 Å². The Balaban J connectivity index is 2.26. The van der Waals surface area contributed by atoms with Gasteiger partial charge in [0.15, 0.2) is 11.5 Å². The van der Waals surface area contributed by atoms with Crippen LogP contribution in [0.15, 0.2) is 18.2 Å². The Morgan fingerprint density at radius 3 is 2.53 bits per heavy atom. The lowest BCUT2D eigenvalue weighted by atomic mass is 10.1. The highest BCUT2D eigenvalue weighted by Gasteiger charge is 2.14. The maximum atomic E-state index is 5.57. The molecule has 1 aromatic carbocycles. The Morgan fingerprint density at radius 2 is 1.82 bits per heavy atom. The van der Waals surface area contributed by atoms with Crippen LogP contribution in [0.25, 0.3) is 10.9 Å². The van der Waals surface area contributed by atoms with E-state index in [0.717, 1.165) is 28.2 Å². The number of anilines is 1. The molecule has 4 heteroatoms. The average molecular weight is 230 g/mol. The number of hydrogen-bond acceptors (Lipinski definition) is 4. The molecule has 1 aliphatic heterocycles. The highest BCUT2D eigenvalue weighted by molar-refractivity contribution is 5.87. The van der Waals surface area contributed by atoms with Crippen LogP contribution in [0.1, 0.15) is 5.56 Å². The summed E-state index contributed by atoms with van der Waals surface area (Å²) in [5, 5.41) is 4.16. The maximum Gasteiger partial charge on any atom is 0.163 e. The third-order valence-electron chi connectivity index (χ3n) is 2.94. The predicted molar refractivity (Wildman–Crippen MR) is 67.0 cm³/mol. The highest BCUT2D eigenvalue weighted by Crippen LogP contribution is 2.35. The largest absolute Gasteiger partial charge is 0.486 e. The SMILES string of the molecule is CNc1cc(C)c2cc3c(cc2n1)OCCO3. The molecule has 3 rings (SSSR count). The van der Waals surface area contributed by atoms with Crippen LogP contribution in [0.2, 0.25) is 0 Å². The lowest BCUT2D eigenvalue weighted by Gasteiger charge is -2.19. The molecule has 17 heavy (non-hydrogen) atoms. The highest BCUT2D eigenvalue weighted by atomic mass is 16.6. The molecule has 0 radical (unpaired) electrons. The standard InChI is InChI=1S/C13H14N2O2/c1-8-5-13(14-2)15-10-7-12-11(6-9(8)10)16-3-4-17-12/h5-7H,3-4H2,1-2H3,(H,14,15). The number of hydrogen-bond donors (Lipinski definition) is 1. The zero-order chi connectivity index (χ0) is 11.8. The molecule has 0 saturated carbocycles. The van der Waals surface area contributed by atoms with E-state index in [4.69, 9.17) is 9.47 Å². The second-order valence-electron chi connectivity index (χ2n) is 4.09. The number of benzene rings is 1. The predicted octanol–water partition coefficient (Wildman–Crippen LogP) is 2.36. The number of aromatic nitrogens is 1. The topological polar surface area (TPSA) is 43.4 Å². The summed E-state index contributed by atoms with van der Waals surface area (Å²) in [6.45, 7) is 3.28. The van der Waals surface area contributed by atoms with E-state index in [1.165, 1.54) is 5.56 Å². The van der Waals surface area contributed by atoms with Gasteiger partial charge in [0.05, 0.1) is 5.52 Å². The number of nitrogens with zero attached hydrogens (tertiary/aromatic N) is 1. The number of nitrogens with one attached hydrogen (secondary N) is 1. The van der Waals surface area contributed by atoms with Gasteiger partial charge in [-0.3, -0.25) is 0 Å². The van der Waals surface area contributed by atoms with E-state index in [1.807, 2.05) is 25.2 Å². The van der Waals surface area contributed by atoms with Crippen LogP contribution >= 0.6 is 0 Å². The molecule has 1 N–H and O–H groups in total. The summed E-state index contributed by atoms with van der Waals surface area (Å²) < 4.78 is 11.1. The summed E-state index contributed by atoms with van der Waals surface area (Å²) in [6, 6.07) is 5.97. The smallest absolute Gasteiger partial charge is 0.163 e. The number of rotatable bonds is 1. The second kappa shape index (κ2) is 3.80. The number of fused-ring (bicyclic) bond motifs is 2. The quantitative estimate of drug-likeness (QED) is 0.816. The number of aryl methyl sites for hydroxylation is 1. The van der Waals surface area contributed by atoms with Crippen LogP contribution in [0.3, 0.4) is 0 Å². The second-order valence-corrected chi connectivity index (χ2v) is 4.09. The van der Waals surface area contributed by atoms with Gasteiger partial charge >= 0.3 is 0 Å². The van der Waals surface area contributed by atoms with Gasteiger partial charge in [-0.05, 0) is 24.6 Å². The summed E-state index contributed by atoms with van der Waals surface area (Å²) in [5.74, 6) is 2.46. The van der Waals surface area contributed by atoms with Crippen molar-refractivity contribution in [3.8, 4) is 11.5 Å². The first kappa shape index (κ1) is 10.2. The molecule has 0 atom stereocenters. The number of pyridine rings is 1. The fourth-order valence-corrected chi connectivity index (χ4v) is 2.06. The van der Waals surface area contributed by atoms with Crippen LogP contribution in [-0.2, 0) is 0 Å². The zero-order valence-corrected chi connectivity index (χ0v) is 9.91. The van der Waals surface area contributed by atoms with E-state index in [2.05, 4.69) is 17.2 Å². The van der Waals surface area contributed by atoms with E-state index < -0.39 is 0 Å². The van der Waals surface area contributed by atoms with Gasteiger partial charge in [0.1, 0.15) is 19.0 Å². The van der Waals surface area contributed by atoms with Gasteiger partial charge in [-0.2, -0.15) is 0 Å². The van der Waals surface area contributed by atoms with E-state index in [0.29, 0.717) is 13.2 Å². The van der Waals surface area contributed by atoms with Crippen molar-refractivity contribution in [3.05, 3.63) is 23.8 Å². The molecule has 0 amide bonds. The van der Waals surface area contributed by atoms with Crippen LogP contribution in [0.5, 0.6) is 11.5 Å². The van der Waals surface area contributed by atoms with Crippen molar-refractivity contribution < 1.29 is 9.47 Å². The van der Waals surface area contributed by atoms with Crippen molar-refractivity contribution in [2.24, 2.45) is 0 Å². The van der Waals surface area contributed by atoms with Gasteiger partial charge in [-0.25, -0.2) is 4.98 Å². The summed E-state index contributed by atoms with van der Waals surface area (Å²) in [7, 11) is 1.87. The molecule has 1 aromatic heterocycles. The molecule has 0 fully saturated rings. The first-order valence-electron chi connectivity index (χ1n) is 5.66. The van der Waals surface area contributed by atoms with Crippen molar-refractivity contribution in [3.63, 3.8) is 0 Å². The van der Waals surface area contributed by atoms with Gasteiger partial charge in [-0.1, -0.05) is 0 Å². The molecule has 0 bridgehead atoms. The lowest BCUT2D eigenvalue weighted by molar-refractivity contribution is 0.172. The summed E-state index contributed by atoms with van der Waals surface area (Å²) in [4.78, 5) is 4.52. The van der Waals surface area contributed by atoms with Crippen molar-refractivity contribution >= 4 is 16.7 Å². The van der Waals surface area contributed by atoms with Crippen molar-refractivity contribution in [1.29, 1.82) is 0 Å². The molecule has 4 nitrogen and oxygen atoms in total. The van der Waals surface area contributed by atoms with Crippen LogP contribution < -0.4 is 14.8 Å². The Labute approximate surface area is 99.6 Å². The third kappa shape index (κ3) is 1.65. The Bertz CT molecular complexity index is 581.